The van der Waals surface area contributed by atoms with Gasteiger partial charge in [-0.05, 0) is 6.42 Å². The summed E-state index contributed by atoms with van der Waals surface area (Å²) in [5, 5.41) is 8.20. The van der Waals surface area contributed by atoms with Crippen LogP contribution in [0.5, 0.6) is 0 Å². The number of carbonyl (C=O) groups is 1. The summed E-state index contributed by atoms with van der Waals surface area (Å²) in [5.74, 6) is -0.265. The average Bonchev–Trinajstić information content (AvgIpc) is 1.83. The lowest BCUT2D eigenvalue weighted by molar-refractivity contribution is -0.140. The van der Waals surface area contributed by atoms with Crippen molar-refractivity contribution in [3.8, 4) is 0 Å². The van der Waals surface area contributed by atoms with E-state index in [1.807, 2.05) is 0 Å². The lowest BCUT2D eigenvalue weighted by atomic mass is 10.3. The van der Waals surface area contributed by atoms with Crippen LogP contribution in [0, 0.1) is 0 Å². The van der Waals surface area contributed by atoms with Crippen LogP contribution in [0.2, 0.25) is 0 Å². The average molecular weight is 155 g/mol. The zero-order valence-corrected chi connectivity index (χ0v) is 6.11. The highest BCUT2D eigenvalue weighted by Crippen LogP contribution is 1.87. The molecule has 0 saturated carbocycles. The van der Waals surface area contributed by atoms with E-state index in [9.17, 15) is 4.79 Å². The highest BCUT2D eigenvalue weighted by atomic mass is 35.5. The normalized spacial score (nSPS) is 7.78. The van der Waals surface area contributed by atoms with Gasteiger partial charge in [0.15, 0.2) is 0 Å². The minimum absolute atomic E-state index is 0. The van der Waals surface area contributed by atoms with Gasteiger partial charge in [0.1, 0.15) is 0 Å². The van der Waals surface area contributed by atoms with E-state index in [1.54, 1.807) is 0 Å². The molecule has 0 rings (SSSR count). The molecule has 0 aliphatic carbocycles. The first-order valence-electron chi connectivity index (χ1n) is 2.49. The molecule has 0 amide bonds. The van der Waals surface area contributed by atoms with E-state index < -0.39 is 0 Å². The van der Waals surface area contributed by atoms with Gasteiger partial charge in [-0.2, -0.15) is 0 Å². The van der Waals surface area contributed by atoms with E-state index in [0.29, 0.717) is 12.8 Å². The molecule has 0 fully saturated rings. The molecule has 0 aliphatic heterocycles. The molecule has 56 valence electrons. The van der Waals surface area contributed by atoms with E-state index in [1.165, 1.54) is 7.11 Å². The van der Waals surface area contributed by atoms with Crippen LogP contribution in [0.4, 0.5) is 0 Å². The summed E-state index contributed by atoms with van der Waals surface area (Å²) in [6, 6.07) is 0. The van der Waals surface area contributed by atoms with Gasteiger partial charge in [-0.15, -0.1) is 12.4 Å². The van der Waals surface area contributed by atoms with Crippen molar-refractivity contribution in [1.29, 1.82) is 0 Å². The topological polar surface area (TPSA) is 46.5 Å². The van der Waals surface area contributed by atoms with Crippen molar-refractivity contribution < 1.29 is 14.6 Å². The van der Waals surface area contributed by atoms with Crippen molar-refractivity contribution in [2.75, 3.05) is 13.7 Å². The summed E-state index contributed by atoms with van der Waals surface area (Å²) in [6.07, 6.45) is 0.805. The number of aliphatic hydroxyl groups excluding tert-OH is 1. The number of esters is 1. The van der Waals surface area contributed by atoms with Crippen LogP contribution in [-0.4, -0.2) is 24.8 Å². The van der Waals surface area contributed by atoms with Gasteiger partial charge < -0.3 is 9.84 Å². The van der Waals surface area contributed by atoms with E-state index in [-0.39, 0.29) is 25.0 Å². The fraction of sp³-hybridized carbons (Fsp3) is 0.800. The SMILES string of the molecule is COC(=O)CCCO.Cl. The predicted octanol–water partition coefficient (Wildman–Crippen LogP) is 0.354. The van der Waals surface area contributed by atoms with E-state index in [0.717, 1.165) is 0 Å². The standard InChI is InChI=1S/C5H10O3.ClH/c1-8-5(7)3-2-4-6;/h6H,2-4H2,1H3;1H. The molecule has 0 spiro atoms. The third-order valence-electron chi connectivity index (χ3n) is 0.767. The van der Waals surface area contributed by atoms with Crippen molar-refractivity contribution >= 4 is 18.4 Å². The van der Waals surface area contributed by atoms with Crippen LogP contribution in [0.15, 0.2) is 0 Å². The Balaban J connectivity index is 0. The first-order chi connectivity index (χ1) is 3.81. The molecular formula is C5H11ClO3. The lowest BCUT2D eigenvalue weighted by Crippen LogP contribution is -2.00. The number of ether oxygens (including phenoxy) is 1. The van der Waals surface area contributed by atoms with Gasteiger partial charge in [0.2, 0.25) is 0 Å². The Kier molecular flexibility index (Phi) is 9.87. The molecule has 0 atom stereocenters. The van der Waals surface area contributed by atoms with Gasteiger partial charge in [-0.1, -0.05) is 0 Å². The minimum Gasteiger partial charge on any atom is -0.469 e. The van der Waals surface area contributed by atoms with Gasteiger partial charge in [0, 0.05) is 13.0 Å². The van der Waals surface area contributed by atoms with Crippen molar-refractivity contribution in [3.05, 3.63) is 0 Å². The number of methoxy groups -OCH3 is 1. The monoisotopic (exact) mass is 154 g/mol. The molecule has 0 bridgehead atoms. The highest BCUT2D eigenvalue weighted by molar-refractivity contribution is 5.85. The van der Waals surface area contributed by atoms with Crippen LogP contribution >= 0.6 is 12.4 Å². The Bertz CT molecular complexity index is 74.6. The fourth-order valence-corrected chi connectivity index (χ4v) is 0.325. The second-order valence-corrected chi connectivity index (χ2v) is 1.40. The molecule has 0 aromatic heterocycles. The number of halogens is 1. The van der Waals surface area contributed by atoms with Crippen molar-refractivity contribution in [1.82, 2.24) is 0 Å². The molecule has 0 radical (unpaired) electrons. The van der Waals surface area contributed by atoms with Gasteiger partial charge >= 0.3 is 5.97 Å². The fourth-order valence-electron chi connectivity index (χ4n) is 0.325. The molecule has 0 unspecified atom stereocenters. The van der Waals surface area contributed by atoms with Crippen LogP contribution in [0.1, 0.15) is 12.8 Å². The Morgan fingerprint density at radius 3 is 2.56 bits per heavy atom. The molecule has 0 aromatic rings. The highest BCUT2D eigenvalue weighted by Gasteiger charge is 1.95. The molecule has 0 heterocycles. The molecule has 3 nitrogen and oxygen atoms in total. The van der Waals surface area contributed by atoms with Gasteiger partial charge in [-0.3, -0.25) is 4.79 Å². The maximum Gasteiger partial charge on any atom is 0.305 e. The van der Waals surface area contributed by atoms with Gasteiger partial charge in [0.05, 0.1) is 7.11 Å². The molecule has 1 N–H and O–H groups in total. The Morgan fingerprint density at radius 2 is 2.22 bits per heavy atom. The lowest BCUT2D eigenvalue weighted by Gasteiger charge is -1.93. The predicted molar refractivity (Wildman–Crippen MR) is 35.6 cm³/mol. The number of aliphatic hydroxyl groups is 1. The molecule has 4 heteroatoms. The molecular weight excluding hydrogens is 144 g/mol. The van der Waals surface area contributed by atoms with Crippen molar-refractivity contribution in [3.63, 3.8) is 0 Å². The Labute approximate surface area is 60.4 Å². The largest absolute Gasteiger partial charge is 0.469 e. The zero-order valence-electron chi connectivity index (χ0n) is 5.29. The summed E-state index contributed by atoms with van der Waals surface area (Å²) in [6.45, 7) is 0.0507. The number of carbonyl (C=O) groups excluding carboxylic acids is 1. The smallest absolute Gasteiger partial charge is 0.305 e. The molecule has 0 aliphatic rings. The Hall–Kier alpha value is -0.280. The molecule has 0 saturated heterocycles. The summed E-state index contributed by atoms with van der Waals surface area (Å²) in [7, 11) is 1.33. The zero-order chi connectivity index (χ0) is 6.41. The summed E-state index contributed by atoms with van der Waals surface area (Å²) >= 11 is 0. The number of rotatable bonds is 3. The third kappa shape index (κ3) is 7.72. The maximum absolute atomic E-state index is 10.2. The van der Waals surface area contributed by atoms with Crippen LogP contribution < -0.4 is 0 Å². The quantitative estimate of drug-likeness (QED) is 0.597. The van der Waals surface area contributed by atoms with Crippen molar-refractivity contribution in [2.45, 2.75) is 12.8 Å². The van der Waals surface area contributed by atoms with Crippen molar-refractivity contribution in [2.24, 2.45) is 0 Å². The second kappa shape index (κ2) is 7.72. The number of hydrogen-bond acceptors (Lipinski definition) is 3. The van der Waals surface area contributed by atoms with Crippen LogP contribution in [-0.2, 0) is 9.53 Å². The van der Waals surface area contributed by atoms with Crippen LogP contribution in [0.3, 0.4) is 0 Å². The first kappa shape index (κ1) is 11.5. The van der Waals surface area contributed by atoms with E-state index in [2.05, 4.69) is 4.74 Å². The summed E-state index contributed by atoms with van der Waals surface area (Å²) in [5.41, 5.74) is 0. The maximum atomic E-state index is 10.2. The summed E-state index contributed by atoms with van der Waals surface area (Å²) in [4.78, 5) is 10.2. The van der Waals surface area contributed by atoms with E-state index >= 15 is 0 Å². The molecule has 0 aromatic carbocycles. The van der Waals surface area contributed by atoms with Gasteiger partial charge in [-0.25, -0.2) is 0 Å². The van der Waals surface area contributed by atoms with Crippen LogP contribution in [0.25, 0.3) is 0 Å². The van der Waals surface area contributed by atoms with Gasteiger partial charge in [0.25, 0.3) is 0 Å². The minimum atomic E-state index is -0.265. The third-order valence-corrected chi connectivity index (χ3v) is 0.767. The summed E-state index contributed by atoms with van der Waals surface area (Å²) < 4.78 is 4.30. The number of hydrogen-bond donors (Lipinski definition) is 1. The van der Waals surface area contributed by atoms with E-state index in [4.69, 9.17) is 5.11 Å². The first-order valence-corrected chi connectivity index (χ1v) is 2.49. The molecule has 9 heavy (non-hydrogen) atoms. The Morgan fingerprint density at radius 1 is 1.67 bits per heavy atom. The second-order valence-electron chi connectivity index (χ2n) is 1.40.